The molecule has 0 N–H and O–H groups in total. The molecule has 0 spiro atoms. The monoisotopic (exact) mass is 331 g/mol. The average Bonchev–Trinajstić information content (AvgIpc) is 3.19. The maximum absolute atomic E-state index is 5.33. The van der Waals surface area contributed by atoms with Gasteiger partial charge in [-0.1, -0.05) is 23.4 Å². The van der Waals surface area contributed by atoms with Crippen LogP contribution in [0, 0.1) is 0 Å². The number of aromatic nitrogens is 2. The average molecular weight is 331 g/mol. The second-order valence-electron chi connectivity index (χ2n) is 5.01. The first-order valence-electron chi connectivity index (χ1n) is 6.92. The fraction of sp³-hybridized carbons (Fsp3) is 0.250. The number of nitrogens with zero attached hydrogens (tertiary/aromatic N) is 3. The molecule has 4 nitrogen and oxygen atoms in total. The van der Waals surface area contributed by atoms with Crippen LogP contribution >= 0.6 is 23.1 Å². The van der Waals surface area contributed by atoms with Crippen LogP contribution in [-0.2, 0) is 13.1 Å². The zero-order chi connectivity index (χ0) is 15.4. The smallest absolute Gasteiger partial charge is 0.241 e. The Morgan fingerprint density at radius 3 is 2.68 bits per heavy atom. The molecule has 6 heteroatoms. The first-order valence-corrected chi connectivity index (χ1v) is 9.03. The van der Waals surface area contributed by atoms with Gasteiger partial charge in [0.05, 0.1) is 11.4 Å². The second-order valence-corrected chi connectivity index (χ2v) is 6.84. The van der Waals surface area contributed by atoms with E-state index < -0.39 is 0 Å². The molecular formula is C16H17N3OS2. The molecule has 114 valence electrons. The number of thiophene rings is 1. The lowest BCUT2D eigenvalue weighted by Crippen LogP contribution is -2.17. The Bertz CT molecular complexity index is 707. The summed E-state index contributed by atoms with van der Waals surface area (Å²) in [5, 5.41) is 6.05. The van der Waals surface area contributed by atoms with Gasteiger partial charge in [0.1, 0.15) is 0 Å². The molecule has 2 heterocycles. The number of benzene rings is 1. The molecule has 0 aliphatic heterocycles. The zero-order valence-electron chi connectivity index (χ0n) is 12.5. The van der Waals surface area contributed by atoms with Crippen molar-refractivity contribution in [3.05, 3.63) is 53.2 Å². The van der Waals surface area contributed by atoms with Crippen LogP contribution in [0.1, 0.15) is 11.5 Å². The highest BCUT2D eigenvalue weighted by molar-refractivity contribution is 7.98. The molecule has 3 rings (SSSR count). The highest BCUT2D eigenvalue weighted by Gasteiger charge is 2.11. The number of hydrogen-bond donors (Lipinski definition) is 0. The topological polar surface area (TPSA) is 42.2 Å². The summed E-state index contributed by atoms with van der Waals surface area (Å²) in [5.41, 5.74) is 1.28. The van der Waals surface area contributed by atoms with Gasteiger partial charge in [0.2, 0.25) is 11.7 Å². The molecule has 0 aliphatic carbocycles. The van der Waals surface area contributed by atoms with Crippen molar-refractivity contribution in [2.45, 2.75) is 18.0 Å². The fourth-order valence-electron chi connectivity index (χ4n) is 2.15. The lowest BCUT2D eigenvalue weighted by Gasteiger charge is -2.14. The van der Waals surface area contributed by atoms with Crippen LogP contribution in [0.15, 0.2) is 51.2 Å². The van der Waals surface area contributed by atoms with Gasteiger partial charge in [-0.05, 0) is 42.4 Å². The third-order valence-corrected chi connectivity index (χ3v) is 4.84. The molecule has 0 fully saturated rings. The highest BCUT2D eigenvalue weighted by atomic mass is 32.2. The summed E-state index contributed by atoms with van der Waals surface area (Å²) in [6.45, 7) is 1.49. The van der Waals surface area contributed by atoms with Crippen molar-refractivity contribution in [2.24, 2.45) is 0 Å². The maximum atomic E-state index is 5.33. The summed E-state index contributed by atoms with van der Waals surface area (Å²) in [6.07, 6.45) is 2.09. The van der Waals surface area contributed by atoms with Gasteiger partial charge in [0, 0.05) is 11.4 Å². The highest BCUT2D eigenvalue weighted by Crippen LogP contribution is 2.21. The van der Waals surface area contributed by atoms with Crippen molar-refractivity contribution < 1.29 is 4.52 Å². The quantitative estimate of drug-likeness (QED) is 0.635. The molecule has 0 aliphatic rings. The van der Waals surface area contributed by atoms with Crippen molar-refractivity contribution in [3.63, 3.8) is 0 Å². The summed E-state index contributed by atoms with van der Waals surface area (Å²) < 4.78 is 5.33. The number of hydrogen-bond acceptors (Lipinski definition) is 6. The zero-order valence-corrected chi connectivity index (χ0v) is 14.2. The van der Waals surface area contributed by atoms with Gasteiger partial charge < -0.3 is 4.52 Å². The van der Waals surface area contributed by atoms with E-state index in [1.807, 2.05) is 17.5 Å². The lowest BCUT2D eigenvalue weighted by atomic mass is 10.2. The minimum Gasteiger partial charge on any atom is -0.338 e. The molecule has 0 amide bonds. The van der Waals surface area contributed by atoms with Crippen LogP contribution in [-0.4, -0.2) is 28.3 Å². The van der Waals surface area contributed by atoms with Gasteiger partial charge in [-0.3, -0.25) is 4.90 Å². The third kappa shape index (κ3) is 3.76. The van der Waals surface area contributed by atoms with E-state index in [0.717, 1.165) is 11.4 Å². The van der Waals surface area contributed by atoms with Crippen LogP contribution < -0.4 is 0 Å². The minimum atomic E-state index is 0.642. The van der Waals surface area contributed by atoms with Crippen molar-refractivity contribution in [1.82, 2.24) is 15.0 Å². The Labute approximate surface area is 138 Å². The van der Waals surface area contributed by atoms with Gasteiger partial charge in [-0.15, -0.1) is 23.1 Å². The molecule has 0 saturated carbocycles. The molecule has 0 saturated heterocycles. The normalized spacial score (nSPS) is 11.2. The summed E-state index contributed by atoms with van der Waals surface area (Å²) >= 11 is 3.37. The predicted octanol–water partition coefficient (Wildman–Crippen LogP) is 4.15. The fourth-order valence-corrected chi connectivity index (χ4v) is 3.21. The standard InChI is InChI=1S/C16H17N3OS2/c1-19(10-12-5-7-13(21-2)8-6-12)11-15-17-16(18-20-15)14-4-3-9-22-14/h3-9H,10-11H2,1-2H3. The van der Waals surface area contributed by atoms with Crippen LogP contribution in [0.2, 0.25) is 0 Å². The summed E-state index contributed by atoms with van der Waals surface area (Å²) in [4.78, 5) is 8.93. The second kappa shape index (κ2) is 7.09. The van der Waals surface area contributed by atoms with E-state index in [1.54, 1.807) is 23.1 Å². The van der Waals surface area contributed by atoms with E-state index in [1.165, 1.54) is 10.5 Å². The Morgan fingerprint density at radius 1 is 1.18 bits per heavy atom. The summed E-state index contributed by atoms with van der Waals surface area (Å²) in [5.74, 6) is 1.31. The van der Waals surface area contributed by atoms with Crippen LogP contribution in [0.4, 0.5) is 0 Å². The van der Waals surface area contributed by atoms with Crippen molar-refractivity contribution in [1.29, 1.82) is 0 Å². The molecule has 0 bridgehead atoms. The van der Waals surface area contributed by atoms with Crippen molar-refractivity contribution in [2.75, 3.05) is 13.3 Å². The molecular weight excluding hydrogens is 314 g/mol. The van der Waals surface area contributed by atoms with Gasteiger partial charge in [0.25, 0.3) is 0 Å². The first kappa shape index (κ1) is 15.3. The van der Waals surface area contributed by atoms with Gasteiger partial charge in [-0.2, -0.15) is 4.98 Å². The van der Waals surface area contributed by atoms with Crippen LogP contribution in [0.3, 0.4) is 0 Å². The van der Waals surface area contributed by atoms with Crippen LogP contribution in [0.25, 0.3) is 10.7 Å². The summed E-state index contributed by atoms with van der Waals surface area (Å²) in [7, 11) is 2.05. The predicted molar refractivity (Wildman–Crippen MR) is 91.0 cm³/mol. The Balaban J connectivity index is 1.60. The van der Waals surface area contributed by atoms with E-state index in [2.05, 4.69) is 52.6 Å². The molecule has 1 aromatic carbocycles. The minimum absolute atomic E-state index is 0.642. The first-order chi connectivity index (χ1) is 10.7. The van der Waals surface area contributed by atoms with Crippen molar-refractivity contribution >= 4 is 23.1 Å². The number of thioether (sulfide) groups is 1. The Kier molecular flexibility index (Phi) is 4.92. The van der Waals surface area contributed by atoms with E-state index in [0.29, 0.717) is 18.3 Å². The molecule has 2 aromatic heterocycles. The van der Waals surface area contributed by atoms with Gasteiger partial charge in [0.15, 0.2) is 0 Å². The van der Waals surface area contributed by atoms with E-state index in [-0.39, 0.29) is 0 Å². The maximum Gasteiger partial charge on any atom is 0.241 e. The van der Waals surface area contributed by atoms with Gasteiger partial charge >= 0.3 is 0 Å². The SMILES string of the molecule is CSc1ccc(CN(C)Cc2nc(-c3cccs3)no2)cc1. The third-order valence-electron chi connectivity index (χ3n) is 3.23. The largest absolute Gasteiger partial charge is 0.338 e. The van der Waals surface area contributed by atoms with Crippen LogP contribution in [0.5, 0.6) is 0 Å². The lowest BCUT2D eigenvalue weighted by molar-refractivity contribution is 0.261. The molecule has 0 atom stereocenters. The van der Waals surface area contributed by atoms with E-state index >= 15 is 0 Å². The number of rotatable bonds is 6. The molecule has 3 aromatic rings. The Morgan fingerprint density at radius 2 is 2.00 bits per heavy atom. The summed E-state index contributed by atoms with van der Waals surface area (Å²) in [6, 6.07) is 12.6. The van der Waals surface area contributed by atoms with E-state index in [9.17, 15) is 0 Å². The van der Waals surface area contributed by atoms with Crippen molar-refractivity contribution in [3.8, 4) is 10.7 Å². The van der Waals surface area contributed by atoms with E-state index in [4.69, 9.17) is 4.52 Å². The Hall–Kier alpha value is -1.63. The van der Waals surface area contributed by atoms with Gasteiger partial charge in [-0.25, -0.2) is 0 Å². The molecule has 22 heavy (non-hydrogen) atoms. The molecule has 0 unspecified atom stereocenters. The molecule has 0 radical (unpaired) electrons.